The molecule has 27 heavy (non-hydrogen) atoms. The minimum atomic E-state index is -0.545. The van der Waals surface area contributed by atoms with Gasteiger partial charge in [-0.05, 0) is 36.2 Å². The Morgan fingerprint density at radius 3 is 2.52 bits per heavy atom. The van der Waals surface area contributed by atoms with E-state index >= 15 is 0 Å². The van der Waals surface area contributed by atoms with Gasteiger partial charge in [0.05, 0.1) is 24.4 Å². The van der Waals surface area contributed by atoms with Gasteiger partial charge in [-0.1, -0.05) is 37.3 Å². The van der Waals surface area contributed by atoms with E-state index in [1.165, 1.54) is 5.01 Å². The summed E-state index contributed by atoms with van der Waals surface area (Å²) in [6.07, 6.45) is 1.60. The Balaban J connectivity index is 1.51. The molecule has 0 aliphatic carbocycles. The van der Waals surface area contributed by atoms with Crippen molar-refractivity contribution in [2.75, 3.05) is 19.8 Å². The summed E-state index contributed by atoms with van der Waals surface area (Å²) in [7, 11) is 0. The second kappa shape index (κ2) is 8.98. The second-order valence-corrected chi connectivity index (χ2v) is 6.13. The molecule has 2 aromatic carbocycles. The highest BCUT2D eigenvalue weighted by molar-refractivity contribution is 6.02. The Kier molecular flexibility index (Phi) is 6.20. The highest BCUT2D eigenvalue weighted by atomic mass is 16.5. The molecule has 0 N–H and O–H groups in total. The van der Waals surface area contributed by atoms with Gasteiger partial charge >= 0.3 is 5.97 Å². The van der Waals surface area contributed by atoms with Crippen LogP contribution in [0, 0.1) is 0 Å². The van der Waals surface area contributed by atoms with Gasteiger partial charge in [0, 0.05) is 6.42 Å². The number of carbonyl (C=O) groups excluding carboxylic acids is 2. The molecule has 0 saturated heterocycles. The van der Waals surface area contributed by atoms with Crippen LogP contribution in [0.4, 0.5) is 0 Å². The van der Waals surface area contributed by atoms with E-state index in [0.29, 0.717) is 30.9 Å². The van der Waals surface area contributed by atoms with Crippen molar-refractivity contribution in [3.8, 4) is 5.75 Å². The predicted octanol–water partition coefficient (Wildman–Crippen LogP) is 3.27. The summed E-state index contributed by atoms with van der Waals surface area (Å²) in [6, 6.07) is 16.4. The number of hydrogen-bond acceptors (Lipinski definition) is 5. The zero-order valence-electron chi connectivity index (χ0n) is 15.3. The number of ether oxygens (including phenoxy) is 2. The maximum atomic E-state index is 12.3. The van der Waals surface area contributed by atoms with Gasteiger partial charge in [-0.25, -0.2) is 9.80 Å². The van der Waals surface area contributed by atoms with Crippen LogP contribution in [0.1, 0.15) is 35.7 Å². The van der Waals surface area contributed by atoms with Crippen LogP contribution in [0.25, 0.3) is 0 Å². The van der Waals surface area contributed by atoms with E-state index in [4.69, 9.17) is 9.47 Å². The number of hydrazone groups is 1. The average Bonchev–Trinajstić information content (AvgIpc) is 3.21. The summed E-state index contributed by atoms with van der Waals surface area (Å²) in [6.45, 7) is 2.80. The van der Waals surface area contributed by atoms with Crippen LogP contribution in [-0.2, 0) is 9.53 Å². The molecule has 1 amide bonds. The second-order valence-electron chi connectivity index (χ2n) is 6.13. The van der Waals surface area contributed by atoms with Crippen molar-refractivity contribution in [3.05, 3.63) is 65.7 Å². The molecule has 0 atom stereocenters. The number of nitrogens with zero attached hydrogens (tertiary/aromatic N) is 2. The number of hydrogen-bond donors (Lipinski definition) is 0. The number of carbonyl (C=O) groups is 2. The lowest BCUT2D eigenvalue weighted by molar-refractivity contribution is -0.134. The summed E-state index contributed by atoms with van der Waals surface area (Å²) in [5.74, 6) is -0.182. The van der Waals surface area contributed by atoms with Crippen LogP contribution in [0.5, 0.6) is 5.75 Å². The van der Waals surface area contributed by atoms with Crippen LogP contribution < -0.4 is 4.74 Å². The van der Waals surface area contributed by atoms with Crippen molar-refractivity contribution < 1.29 is 19.1 Å². The summed E-state index contributed by atoms with van der Waals surface area (Å²) in [5.41, 5.74) is 2.23. The topological polar surface area (TPSA) is 68.2 Å². The Morgan fingerprint density at radius 1 is 1.07 bits per heavy atom. The van der Waals surface area contributed by atoms with Crippen LogP contribution in [0.2, 0.25) is 0 Å². The van der Waals surface area contributed by atoms with E-state index < -0.39 is 5.97 Å². The van der Waals surface area contributed by atoms with Gasteiger partial charge in [0.2, 0.25) is 0 Å². The third kappa shape index (κ3) is 4.94. The summed E-state index contributed by atoms with van der Waals surface area (Å²) >= 11 is 0. The van der Waals surface area contributed by atoms with Crippen molar-refractivity contribution in [1.82, 2.24) is 5.01 Å². The minimum Gasteiger partial charge on any atom is -0.494 e. The van der Waals surface area contributed by atoms with E-state index in [1.807, 2.05) is 37.3 Å². The molecule has 3 rings (SSSR count). The van der Waals surface area contributed by atoms with E-state index in [2.05, 4.69) is 5.10 Å². The lowest BCUT2D eigenvalue weighted by Crippen LogP contribution is -2.28. The molecule has 0 aromatic heterocycles. The Hall–Kier alpha value is -3.15. The molecule has 1 aliphatic rings. The zero-order valence-corrected chi connectivity index (χ0v) is 15.3. The first-order valence-electron chi connectivity index (χ1n) is 9.00. The minimum absolute atomic E-state index is 0.335. The smallest absolute Gasteiger partial charge is 0.338 e. The van der Waals surface area contributed by atoms with Gasteiger partial charge in [0.15, 0.2) is 6.61 Å². The molecule has 0 unspecified atom stereocenters. The van der Waals surface area contributed by atoms with Gasteiger partial charge < -0.3 is 9.47 Å². The first kappa shape index (κ1) is 18.6. The highest BCUT2D eigenvalue weighted by Gasteiger charge is 2.22. The predicted molar refractivity (Wildman–Crippen MR) is 102 cm³/mol. The van der Waals surface area contributed by atoms with Crippen molar-refractivity contribution >= 4 is 17.6 Å². The third-order valence-corrected chi connectivity index (χ3v) is 4.09. The third-order valence-electron chi connectivity index (χ3n) is 4.09. The fourth-order valence-electron chi connectivity index (χ4n) is 2.66. The molecule has 6 nitrogen and oxygen atoms in total. The van der Waals surface area contributed by atoms with Crippen molar-refractivity contribution in [2.24, 2.45) is 5.10 Å². The molecule has 6 heteroatoms. The lowest BCUT2D eigenvalue weighted by Gasteiger charge is -2.11. The monoisotopic (exact) mass is 366 g/mol. The Morgan fingerprint density at radius 2 is 1.81 bits per heavy atom. The molecule has 1 heterocycles. The van der Waals surface area contributed by atoms with Crippen LogP contribution in [0.3, 0.4) is 0 Å². The van der Waals surface area contributed by atoms with Crippen LogP contribution >= 0.6 is 0 Å². The van der Waals surface area contributed by atoms with Gasteiger partial charge in [0.25, 0.3) is 5.91 Å². The molecule has 0 bridgehead atoms. The van der Waals surface area contributed by atoms with Crippen LogP contribution in [0.15, 0.2) is 59.7 Å². The number of esters is 1. The highest BCUT2D eigenvalue weighted by Crippen LogP contribution is 2.15. The number of benzene rings is 2. The SMILES string of the molecule is CCCOc1ccc(C(=O)OCC(=O)N2CCC(c3ccccc3)=N2)cc1. The quantitative estimate of drug-likeness (QED) is 0.706. The zero-order chi connectivity index (χ0) is 19.1. The molecule has 1 aliphatic heterocycles. The van der Waals surface area contributed by atoms with Crippen molar-refractivity contribution in [2.45, 2.75) is 19.8 Å². The van der Waals surface area contributed by atoms with Gasteiger partial charge in [0.1, 0.15) is 5.75 Å². The summed E-state index contributed by atoms with van der Waals surface area (Å²) < 4.78 is 10.6. The van der Waals surface area contributed by atoms with Crippen LogP contribution in [-0.4, -0.2) is 42.4 Å². The molecule has 140 valence electrons. The molecular weight excluding hydrogens is 344 g/mol. The summed E-state index contributed by atoms with van der Waals surface area (Å²) in [4.78, 5) is 24.4. The van der Waals surface area contributed by atoms with Gasteiger partial charge in [-0.15, -0.1) is 0 Å². The van der Waals surface area contributed by atoms with E-state index in [-0.39, 0.29) is 12.5 Å². The Bertz CT molecular complexity index is 816. The van der Waals surface area contributed by atoms with Gasteiger partial charge in [-0.2, -0.15) is 5.10 Å². The van der Waals surface area contributed by atoms with E-state index in [1.54, 1.807) is 24.3 Å². The molecule has 0 spiro atoms. The first-order valence-corrected chi connectivity index (χ1v) is 9.00. The maximum Gasteiger partial charge on any atom is 0.338 e. The largest absolute Gasteiger partial charge is 0.494 e. The fraction of sp³-hybridized carbons (Fsp3) is 0.286. The number of amides is 1. The summed E-state index contributed by atoms with van der Waals surface area (Å²) in [5, 5.41) is 5.70. The molecule has 0 saturated carbocycles. The Labute approximate surface area is 158 Å². The molecular formula is C21H22N2O4. The average molecular weight is 366 g/mol. The maximum absolute atomic E-state index is 12.3. The molecule has 0 radical (unpaired) electrons. The number of rotatable bonds is 7. The van der Waals surface area contributed by atoms with E-state index in [0.717, 1.165) is 17.7 Å². The molecule has 2 aromatic rings. The fourth-order valence-corrected chi connectivity index (χ4v) is 2.66. The standard InChI is InChI=1S/C21H22N2O4/c1-2-14-26-18-10-8-17(9-11-18)21(25)27-15-20(24)23-13-12-19(22-23)16-6-4-3-5-7-16/h3-11H,2,12-15H2,1H3. The van der Waals surface area contributed by atoms with Gasteiger partial charge in [-0.3, -0.25) is 4.79 Å². The van der Waals surface area contributed by atoms with Crippen molar-refractivity contribution in [1.29, 1.82) is 0 Å². The van der Waals surface area contributed by atoms with Crippen molar-refractivity contribution in [3.63, 3.8) is 0 Å². The first-order chi connectivity index (χ1) is 13.2. The normalized spacial score (nSPS) is 13.2. The van der Waals surface area contributed by atoms with E-state index in [9.17, 15) is 9.59 Å². The molecule has 0 fully saturated rings. The lowest BCUT2D eigenvalue weighted by atomic mass is 10.1.